The van der Waals surface area contributed by atoms with Crippen LogP contribution in [0, 0.1) is 0 Å². The number of imidazole rings is 1. The van der Waals surface area contributed by atoms with Crippen molar-refractivity contribution in [3.63, 3.8) is 0 Å². The number of fused-ring (bicyclic) bond motifs is 1. The lowest BCUT2D eigenvalue weighted by Crippen LogP contribution is -2.46. The molecule has 0 saturated carbocycles. The first-order valence-corrected chi connectivity index (χ1v) is 6.72. The molecule has 0 radical (unpaired) electrons. The van der Waals surface area contributed by atoms with Gasteiger partial charge in [0.1, 0.15) is 0 Å². The number of carbonyl (C=O) groups is 1. The van der Waals surface area contributed by atoms with Gasteiger partial charge in [0.05, 0.1) is 25.5 Å². The maximum Gasteiger partial charge on any atom is 0.317 e. The Labute approximate surface area is 108 Å². The summed E-state index contributed by atoms with van der Waals surface area (Å²) in [5, 5.41) is 4.94. The second-order valence-corrected chi connectivity index (χ2v) is 4.90. The van der Waals surface area contributed by atoms with Gasteiger partial charge in [-0.25, -0.2) is 9.78 Å². The first-order valence-electron chi connectivity index (χ1n) is 5.84. The van der Waals surface area contributed by atoms with E-state index in [0.717, 1.165) is 10.7 Å². The van der Waals surface area contributed by atoms with Crippen LogP contribution in [0.25, 0.3) is 4.96 Å². The second kappa shape index (κ2) is 4.95. The molecule has 2 aromatic rings. The van der Waals surface area contributed by atoms with Crippen molar-refractivity contribution in [2.45, 2.75) is 6.54 Å². The van der Waals surface area contributed by atoms with Gasteiger partial charge in [-0.2, -0.15) is 0 Å². The standard InChI is InChI=1S/C11H14N4O2S/c16-10(14-3-5-17-6-4-14)13-7-9-8-18-11-12-1-2-15(9)11/h1-2,8H,3-7H2,(H,13,16). The van der Waals surface area contributed by atoms with Crippen LogP contribution in [0.15, 0.2) is 17.8 Å². The summed E-state index contributed by atoms with van der Waals surface area (Å²) in [5.74, 6) is 0. The SMILES string of the molecule is O=C(NCc1csc2nccn12)N1CCOCC1. The average molecular weight is 266 g/mol. The van der Waals surface area contributed by atoms with Gasteiger partial charge in [0.2, 0.25) is 0 Å². The quantitative estimate of drug-likeness (QED) is 0.880. The highest BCUT2D eigenvalue weighted by Crippen LogP contribution is 2.14. The minimum atomic E-state index is -0.0298. The molecule has 2 aromatic heterocycles. The zero-order valence-electron chi connectivity index (χ0n) is 9.83. The summed E-state index contributed by atoms with van der Waals surface area (Å²) in [4.78, 5) is 18.8. The maximum absolute atomic E-state index is 11.9. The van der Waals surface area contributed by atoms with Crippen LogP contribution in [-0.2, 0) is 11.3 Å². The predicted octanol–water partition coefficient (Wildman–Crippen LogP) is 0.938. The van der Waals surface area contributed by atoms with Crippen molar-refractivity contribution in [3.8, 4) is 0 Å². The molecule has 1 aliphatic rings. The van der Waals surface area contributed by atoms with E-state index in [1.54, 1.807) is 22.4 Å². The summed E-state index contributed by atoms with van der Waals surface area (Å²) in [6.07, 6.45) is 3.67. The molecule has 3 rings (SSSR count). The fourth-order valence-electron chi connectivity index (χ4n) is 1.94. The molecular formula is C11H14N4O2S. The summed E-state index contributed by atoms with van der Waals surface area (Å²) < 4.78 is 7.21. The molecule has 0 spiro atoms. The van der Waals surface area contributed by atoms with Crippen LogP contribution in [0.1, 0.15) is 5.69 Å². The van der Waals surface area contributed by atoms with Crippen LogP contribution in [0.3, 0.4) is 0 Å². The number of nitrogens with one attached hydrogen (secondary N) is 1. The van der Waals surface area contributed by atoms with Crippen molar-refractivity contribution < 1.29 is 9.53 Å². The number of carbonyl (C=O) groups excluding carboxylic acids is 1. The number of hydrogen-bond donors (Lipinski definition) is 1. The molecule has 0 aromatic carbocycles. The lowest BCUT2D eigenvalue weighted by Gasteiger charge is -2.26. The van der Waals surface area contributed by atoms with E-state index in [4.69, 9.17) is 4.74 Å². The highest BCUT2D eigenvalue weighted by molar-refractivity contribution is 7.15. The van der Waals surface area contributed by atoms with E-state index in [9.17, 15) is 4.79 Å². The third kappa shape index (κ3) is 2.19. The number of nitrogens with zero attached hydrogens (tertiary/aromatic N) is 3. The second-order valence-electron chi connectivity index (χ2n) is 4.06. The van der Waals surface area contributed by atoms with Gasteiger partial charge in [-0.1, -0.05) is 0 Å². The fraction of sp³-hybridized carbons (Fsp3) is 0.455. The van der Waals surface area contributed by atoms with Crippen molar-refractivity contribution in [2.75, 3.05) is 26.3 Å². The monoisotopic (exact) mass is 266 g/mol. The number of thiazole rings is 1. The number of hydrogen-bond acceptors (Lipinski definition) is 4. The highest BCUT2D eigenvalue weighted by Gasteiger charge is 2.16. The highest BCUT2D eigenvalue weighted by atomic mass is 32.1. The van der Waals surface area contributed by atoms with Crippen molar-refractivity contribution in [1.82, 2.24) is 19.6 Å². The predicted molar refractivity (Wildman–Crippen MR) is 67.7 cm³/mol. The minimum absolute atomic E-state index is 0.0298. The van der Waals surface area contributed by atoms with Gasteiger partial charge >= 0.3 is 6.03 Å². The van der Waals surface area contributed by atoms with E-state index in [1.807, 2.05) is 16.0 Å². The molecule has 0 bridgehead atoms. The number of morpholine rings is 1. The van der Waals surface area contributed by atoms with Crippen LogP contribution < -0.4 is 5.32 Å². The van der Waals surface area contributed by atoms with E-state index < -0.39 is 0 Å². The van der Waals surface area contributed by atoms with Gasteiger partial charge < -0.3 is 15.0 Å². The lowest BCUT2D eigenvalue weighted by atomic mass is 10.4. The third-order valence-corrected chi connectivity index (χ3v) is 3.84. The van der Waals surface area contributed by atoms with Crippen molar-refractivity contribution in [1.29, 1.82) is 0 Å². The topological polar surface area (TPSA) is 58.9 Å². The van der Waals surface area contributed by atoms with E-state index in [0.29, 0.717) is 32.8 Å². The first kappa shape index (κ1) is 11.5. The van der Waals surface area contributed by atoms with Crippen LogP contribution in [0.5, 0.6) is 0 Å². The summed E-state index contributed by atoms with van der Waals surface area (Å²) in [5.41, 5.74) is 1.05. The van der Waals surface area contributed by atoms with E-state index >= 15 is 0 Å². The van der Waals surface area contributed by atoms with Crippen molar-refractivity contribution >= 4 is 22.3 Å². The zero-order chi connectivity index (χ0) is 12.4. The van der Waals surface area contributed by atoms with Crippen LogP contribution in [0.4, 0.5) is 4.79 Å². The summed E-state index contributed by atoms with van der Waals surface area (Å²) in [6.45, 7) is 3.09. The van der Waals surface area contributed by atoms with Gasteiger partial charge in [-0.3, -0.25) is 4.40 Å². The number of ether oxygens (including phenoxy) is 1. The molecule has 1 N–H and O–H groups in total. The van der Waals surface area contributed by atoms with Gasteiger partial charge in [-0.15, -0.1) is 11.3 Å². The molecule has 1 fully saturated rings. The number of rotatable bonds is 2. The summed E-state index contributed by atoms with van der Waals surface area (Å²) in [7, 11) is 0. The fourth-order valence-corrected chi connectivity index (χ4v) is 2.80. The Morgan fingerprint density at radius 3 is 3.17 bits per heavy atom. The van der Waals surface area contributed by atoms with E-state index in [2.05, 4.69) is 10.3 Å². The molecule has 1 aliphatic heterocycles. The number of amides is 2. The first-order chi connectivity index (χ1) is 8.84. The molecule has 7 heteroatoms. The number of aromatic nitrogens is 2. The normalized spacial score (nSPS) is 16.1. The molecule has 0 unspecified atom stereocenters. The van der Waals surface area contributed by atoms with Crippen LogP contribution in [-0.4, -0.2) is 46.6 Å². The molecule has 96 valence electrons. The Morgan fingerprint density at radius 1 is 1.50 bits per heavy atom. The maximum atomic E-state index is 11.9. The van der Waals surface area contributed by atoms with Crippen LogP contribution >= 0.6 is 11.3 Å². The Hall–Kier alpha value is -1.60. The zero-order valence-corrected chi connectivity index (χ0v) is 10.7. The minimum Gasteiger partial charge on any atom is -0.378 e. The molecule has 0 atom stereocenters. The third-order valence-electron chi connectivity index (χ3n) is 2.94. The number of urea groups is 1. The summed E-state index contributed by atoms with van der Waals surface area (Å²) >= 11 is 1.57. The average Bonchev–Trinajstić information content (AvgIpc) is 3.00. The van der Waals surface area contributed by atoms with E-state index in [-0.39, 0.29) is 6.03 Å². The molecule has 1 saturated heterocycles. The molecule has 6 nitrogen and oxygen atoms in total. The lowest BCUT2D eigenvalue weighted by molar-refractivity contribution is 0.0531. The van der Waals surface area contributed by atoms with Crippen LogP contribution in [0.2, 0.25) is 0 Å². The Balaban J connectivity index is 1.60. The summed E-state index contributed by atoms with van der Waals surface area (Å²) in [6, 6.07) is -0.0298. The molecule has 3 heterocycles. The smallest absolute Gasteiger partial charge is 0.317 e. The Bertz CT molecular complexity index is 544. The van der Waals surface area contributed by atoms with E-state index in [1.165, 1.54) is 0 Å². The molecule has 2 amide bonds. The van der Waals surface area contributed by atoms with Gasteiger partial charge in [0.15, 0.2) is 4.96 Å². The van der Waals surface area contributed by atoms with Gasteiger partial charge in [0, 0.05) is 30.9 Å². The van der Waals surface area contributed by atoms with Crippen molar-refractivity contribution in [3.05, 3.63) is 23.5 Å². The van der Waals surface area contributed by atoms with Gasteiger partial charge in [0.25, 0.3) is 0 Å². The Kier molecular flexibility index (Phi) is 3.16. The Morgan fingerprint density at radius 2 is 2.33 bits per heavy atom. The molecule has 0 aliphatic carbocycles. The molecule has 18 heavy (non-hydrogen) atoms. The molecular weight excluding hydrogens is 252 g/mol. The van der Waals surface area contributed by atoms with Gasteiger partial charge in [-0.05, 0) is 0 Å². The largest absolute Gasteiger partial charge is 0.378 e. The van der Waals surface area contributed by atoms with Crippen molar-refractivity contribution in [2.24, 2.45) is 0 Å².